The van der Waals surface area contributed by atoms with E-state index < -0.39 is 16.1 Å². The van der Waals surface area contributed by atoms with Crippen molar-refractivity contribution >= 4 is 28.3 Å². The number of hydrogen-bond acceptors (Lipinski definition) is 4. The highest BCUT2D eigenvalue weighted by Gasteiger charge is 2.27. The van der Waals surface area contributed by atoms with Crippen molar-refractivity contribution in [2.75, 3.05) is 25.9 Å². The Bertz CT molecular complexity index is 625. The molecule has 1 heterocycles. The minimum atomic E-state index is -3.20. The van der Waals surface area contributed by atoms with Crippen LogP contribution in [0.1, 0.15) is 18.4 Å². The molecule has 6 nitrogen and oxygen atoms in total. The molecular formula is C16H26ClN3O3S. The van der Waals surface area contributed by atoms with Crippen molar-refractivity contribution in [2.45, 2.75) is 25.3 Å². The van der Waals surface area contributed by atoms with Gasteiger partial charge in [-0.3, -0.25) is 4.79 Å². The lowest BCUT2D eigenvalue weighted by molar-refractivity contribution is -0.134. The summed E-state index contributed by atoms with van der Waals surface area (Å²) >= 11 is 0. The van der Waals surface area contributed by atoms with Crippen LogP contribution in [0.2, 0.25) is 0 Å². The molecule has 0 bridgehead atoms. The lowest BCUT2D eigenvalue weighted by Gasteiger charge is -2.34. The number of hydrogen-bond donors (Lipinski definition) is 2. The Hall–Kier alpha value is -1.15. The van der Waals surface area contributed by atoms with Crippen LogP contribution in [0.25, 0.3) is 0 Å². The fourth-order valence-corrected chi connectivity index (χ4v) is 3.43. The summed E-state index contributed by atoms with van der Waals surface area (Å²) in [6, 6.07) is 9.16. The van der Waals surface area contributed by atoms with E-state index in [-0.39, 0.29) is 24.2 Å². The number of benzene rings is 1. The molecule has 0 saturated carbocycles. The van der Waals surface area contributed by atoms with Gasteiger partial charge in [-0.1, -0.05) is 30.3 Å². The molecule has 0 aliphatic carbocycles. The third-order valence-electron chi connectivity index (χ3n) is 4.08. The molecular weight excluding hydrogens is 350 g/mol. The van der Waals surface area contributed by atoms with Crippen LogP contribution in [0.4, 0.5) is 0 Å². The summed E-state index contributed by atoms with van der Waals surface area (Å²) in [7, 11) is -3.20. The zero-order valence-corrected chi connectivity index (χ0v) is 15.5. The second-order valence-electron chi connectivity index (χ2n) is 6.21. The van der Waals surface area contributed by atoms with Crippen LogP contribution < -0.4 is 10.5 Å². The molecule has 8 heteroatoms. The van der Waals surface area contributed by atoms with Gasteiger partial charge in [-0.25, -0.2) is 13.1 Å². The maximum Gasteiger partial charge on any atom is 0.239 e. The number of piperidine rings is 1. The highest BCUT2D eigenvalue weighted by Crippen LogP contribution is 2.17. The van der Waals surface area contributed by atoms with Gasteiger partial charge in [0.25, 0.3) is 0 Å². The van der Waals surface area contributed by atoms with Crippen molar-refractivity contribution in [2.24, 2.45) is 11.7 Å². The first-order valence-electron chi connectivity index (χ1n) is 7.88. The van der Waals surface area contributed by atoms with Crippen LogP contribution in [-0.2, 0) is 21.2 Å². The maximum atomic E-state index is 12.5. The number of sulfonamides is 1. The molecule has 1 unspecified atom stereocenters. The van der Waals surface area contributed by atoms with E-state index in [9.17, 15) is 13.2 Å². The lowest BCUT2D eigenvalue weighted by atomic mass is 9.97. The van der Waals surface area contributed by atoms with Crippen LogP contribution in [0, 0.1) is 5.92 Å². The Morgan fingerprint density at radius 3 is 2.67 bits per heavy atom. The molecule has 0 spiro atoms. The molecule has 24 heavy (non-hydrogen) atoms. The van der Waals surface area contributed by atoms with Gasteiger partial charge in [-0.2, -0.15) is 0 Å². The molecule has 1 aromatic carbocycles. The number of likely N-dealkylation sites (tertiary alicyclic amines) is 1. The van der Waals surface area contributed by atoms with Crippen molar-refractivity contribution in [3.8, 4) is 0 Å². The first kappa shape index (κ1) is 20.9. The molecule has 1 fully saturated rings. The van der Waals surface area contributed by atoms with Crippen molar-refractivity contribution in [3.63, 3.8) is 0 Å². The van der Waals surface area contributed by atoms with Crippen molar-refractivity contribution in [1.29, 1.82) is 0 Å². The Labute approximate surface area is 150 Å². The maximum absolute atomic E-state index is 12.5. The van der Waals surface area contributed by atoms with Gasteiger partial charge in [0.1, 0.15) is 0 Å². The Morgan fingerprint density at radius 2 is 2.04 bits per heavy atom. The minimum absolute atomic E-state index is 0. The molecule has 0 radical (unpaired) electrons. The van der Waals surface area contributed by atoms with E-state index in [0.717, 1.165) is 24.7 Å². The number of amides is 1. The number of nitrogens with one attached hydrogen (secondary N) is 1. The van der Waals surface area contributed by atoms with Gasteiger partial charge >= 0.3 is 0 Å². The number of halogens is 1. The quantitative estimate of drug-likeness (QED) is 0.768. The van der Waals surface area contributed by atoms with Gasteiger partial charge in [-0.15, -0.1) is 12.4 Å². The van der Waals surface area contributed by atoms with E-state index in [2.05, 4.69) is 4.72 Å². The monoisotopic (exact) mass is 375 g/mol. The number of rotatable bonds is 6. The average molecular weight is 376 g/mol. The molecule has 2 atom stereocenters. The van der Waals surface area contributed by atoms with Gasteiger partial charge in [0, 0.05) is 19.6 Å². The van der Waals surface area contributed by atoms with E-state index >= 15 is 0 Å². The highest BCUT2D eigenvalue weighted by molar-refractivity contribution is 7.88. The average Bonchev–Trinajstić information content (AvgIpc) is 2.53. The van der Waals surface area contributed by atoms with Crippen LogP contribution in [0.3, 0.4) is 0 Å². The van der Waals surface area contributed by atoms with Crippen molar-refractivity contribution < 1.29 is 13.2 Å². The third-order valence-corrected chi connectivity index (χ3v) is 4.77. The van der Waals surface area contributed by atoms with Crippen LogP contribution >= 0.6 is 12.4 Å². The van der Waals surface area contributed by atoms with Crippen LogP contribution in [-0.4, -0.2) is 51.2 Å². The fourth-order valence-electron chi connectivity index (χ4n) is 2.89. The molecule has 1 aliphatic rings. The summed E-state index contributed by atoms with van der Waals surface area (Å²) in [6.07, 6.45) is 3.46. The predicted molar refractivity (Wildman–Crippen MR) is 97.5 cm³/mol. The fraction of sp³-hybridized carbons (Fsp3) is 0.562. The molecule has 2 rings (SSSR count). The van der Waals surface area contributed by atoms with Gasteiger partial charge < -0.3 is 10.6 Å². The molecule has 1 amide bonds. The standard InChI is InChI=1S/C16H25N3O3S.ClH/c1-23(21,22)18-11-14-8-5-9-19(12-14)16(20)15(17)10-13-6-3-2-4-7-13;/h2-4,6-7,14-15,18H,5,8-12,17H2,1H3;1H/t14?,15-;/m0./s1. The minimum Gasteiger partial charge on any atom is -0.341 e. The van der Waals surface area contributed by atoms with Crippen molar-refractivity contribution in [3.05, 3.63) is 35.9 Å². The molecule has 1 saturated heterocycles. The molecule has 1 aliphatic heterocycles. The number of carbonyl (C=O) groups excluding carboxylic acids is 1. The Morgan fingerprint density at radius 1 is 1.38 bits per heavy atom. The van der Waals surface area contributed by atoms with Crippen LogP contribution in [0.5, 0.6) is 0 Å². The molecule has 3 N–H and O–H groups in total. The number of nitrogens with two attached hydrogens (primary N) is 1. The summed E-state index contributed by atoms with van der Waals surface area (Å²) < 4.78 is 24.9. The summed E-state index contributed by atoms with van der Waals surface area (Å²) in [4.78, 5) is 14.3. The van der Waals surface area contributed by atoms with E-state index in [1.807, 2.05) is 30.3 Å². The first-order valence-corrected chi connectivity index (χ1v) is 9.77. The molecule has 0 aromatic heterocycles. The smallest absolute Gasteiger partial charge is 0.239 e. The number of carbonyl (C=O) groups is 1. The van der Waals surface area contributed by atoms with Gasteiger partial charge in [0.2, 0.25) is 15.9 Å². The molecule has 1 aromatic rings. The Kier molecular flexibility index (Phi) is 8.15. The van der Waals surface area contributed by atoms with E-state index in [4.69, 9.17) is 5.73 Å². The summed E-state index contributed by atoms with van der Waals surface area (Å²) in [5, 5.41) is 0. The summed E-state index contributed by atoms with van der Waals surface area (Å²) in [5.41, 5.74) is 7.11. The van der Waals surface area contributed by atoms with Gasteiger partial charge in [0.05, 0.1) is 12.3 Å². The number of nitrogens with zero attached hydrogens (tertiary/aromatic N) is 1. The van der Waals surface area contributed by atoms with Crippen molar-refractivity contribution in [1.82, 2.24) is 9.62 Å². The normalized spacial score (nSPS) is 19.4. The van der Waals surface area contributed by atoms with Gasteiger partial charge in [-0.05, 0) is 30.7 Å². The van der Waals surface area contributed by atoms with E-state index in [0.29, 0.717) is 26.1 Å². The van der Waals surface area contributed by atoms with Crippen LogP contribution in [0.15, 0.2) is 30.3 Å². The Balaban J connectivity index is 0.00000288. The first-order chi connectivity index (χ1) is 10.8. The summed E-state index contributed by atoms with van der Waals surface area (Å²) in [5.74, 6) is 0.0873. The summed E-state index contributed by atoms with van der Waals surface area (Å²) in [6.45, 7) is 1.62. The zero-order chi connectivity index (χ0) is 16.9. The topological polar surface area (TPSA) is 92.5 Å². The predicted octanol–water partition coefficient (Wildman–Crippen LogP) is 0.766. The second kappa shape index (κ2) is 9.36. The second-order valence-corrected chi connectivity index (χ2v) is 8.04. The largest absolute Gasteiger partial charge is 0.341 e. The lowest BCUT2D eigenvalue weighted by Crippen LogP contribution is -2.50. The SMILES string of the molecule is CS(=O)(=O)NCC1CCCN(C(=O)[C@@H](N)Cc2ccccc2)C1.Cl. The zero-order valence-electron chi connectivity index (χ0n) is 13.8. The van der Waals surface area contributed by atoms with Gasteiger partial charge in [0.15, 0.2) is 0 Å². The molecule has 136 valence electrons. The van der Waals surface area contributed by atoms with E-state index in [1.165, 1.54) is 0 Å². The third kappa shape index (κ3) is 6.76. The highest BCUT2D eigenvalue weighted by atomic mass is 35.5. The van der Waals surface area contributed by atoms with E-state index in [1.54, 1.807) is 4.90 Å².